The van der Waals surface area contributed by atoms with Crippen LogP contribution in [0.1, 0.15) is 0 Å². The highest BCUT2D eigenvalue weighted by atomic mass is 35.5. The summed E-state index contributed by atoms with van der Waals surface area (Å²) in [5.74, 6) is 0.684. The topological polar surface area (TPSA) is 51.8 Å². The molecule has 0 fully saturated rings. The average Bonchev–Trinajstić information content (AvgIpc) is 2.89. The lowest BCUT2D eigenvalue weighted by Gasteiger charge is -1.98. The summed E-state index contributed by atoms with van der Waals surface area (Å²) in [5, 5.41) is 8.94. The summed E-state index contributed by atoms with van der Waals surface area (Å²) in [6.45, 7) is 0. The second-order valence-electron chi connectivity index (χ2n) is 3.75. The molecule has 19 heavy (non-hydrogen) atoms. The lowest BCUT2D eigenvalue weighted by atomic mass is 10.2. The van der Waals surface area contributed by atoms with E-state index in [0.717, 1.165) is 0 Å². The van der Waals surface area contributed by atoms with Crippen LogP contribution < -0.4 is 0 Å². The molecular formula is C13H7Cl2N3O. The molecule has 2 aromatic heterocycles. The van der Waals surface area contributed by atoms with Crippen LogP contribution in [0.5, 0.6) is 0 Å². The van der Waals surface area contributed by atoms with E-state index in [4.69, 9.17) is 27.6 Å². The maximum absolute atomic E-state index is 6.09. The van der Waals surface area contributed by atoms with Crippen LogP contribution in [-0.4, -0.2) is 15.2 Å². The van der Waals surface area contributed by atoms with Crippen LogP contribution >= 0.6 is 23.2 Å². The Morgan fingerprint density at radius 2 is 1.79 bits per heavy atom. The number of hydrogen-bond acceptors (Lipinski definition) is 4. The van der Waals surface area contributed by atoms with Gasteiger partial charge in [-0.05, 0) is 30.3 Å². The lowest BCUT2D eigenvalue weighted by Crippen LogP contribution is -1.80. The molecule has 0 atom stereocenters. The molecule has 1 aromatic carbocycles. The zero-order valence-electron chi connectivity index (χ0n) is 9.55. The molecule has 0 aliphatic heterocycles. The van der Waals surface area contributed by atoms with Crippen molar-refractivity contribution >= 4 is 23.2 Å². The second-order valence-corrected chi connectivity index (χ2v) is 4.60. The number of nitrogens with zero attached hydrogens (tertiary/aromatic N) is 3. The van der Waals surface area contributed by atoms with E-state index in [1.165, 1.54) is 0 Å². The molecule has 0 radical (unpaired) electrons. The molecule has 0 aliphatic rings. The number of rotatable bonds is 2. The molecule has 0 unspecified atom stereocenters. The van der Waals surface area contributed by atoms with E-state index in [-0.39, 0.29) is 0 Å². The molecule has 4 nitrogen and oxygen atoms in total. The second kappa shape index (κ2) is 4.99. The van der Waals surface area contributed by atoms with Crippen LogP contribution in [-0.2, 0) is 0 Å². The van der Waals surface area contributed by atoms with E-state index in [0.29, 0.717) is 33.1 Å². The van der Waals surface area contributed by atoms with E-state index in [1.54, 1.807) is 30.5 Å². The average molecular weight is 292 g/mol. The maximum Gasteiger partial charge on any atom is 0.266 e. The number of hydrogen-bond donors (Lipinski definition) is 0. The highest BCUT2D eigenvalue weighted by Gasteiger charge is 2.13. The Labute approximate surface area is 119 Å². The Hall–Kier alpha value is -1.91. The summed E-state index contributed by atoms with van der Waals surface area (Å²) in [6, 6.07) is 10.5. The van der Waals surface area contributed by atoms with Gasteiger partial charge in [0.05, 0.1) is 10.6 Å². The van der Waals surface area contributed by atoms with Gasteiger partial charge in [-0.3, -0.25) is 4.98 Å². The summed E-state index contributed by atoms with van der Waals surface area (Å²) in [7, 11) is 0. The number of aromatic nitrogens is 3. The van der Waals surface area contributed by atoms with Crippen molar-refractivity contribution in [2.75, 3.05) is 0 Å². The summed E-state index contributed by atoms with van der Waals surface area (Å²) in [5.41, 5.74) is 1.26. The van der Waals surface area contributed by atoms with E-state index < -0.39 is 0 Å². The smallest absolute Gasteiger partial charge is 0.266 e. The van der Waals surface area contributed by atoms with Crippen molar-refractivity contribution < 1.29 is 4.42 Å². The van der Waals surface area contributed by atoms with Crippen LogP contribution in [0.15, 0.2) is 47.0 Å². The summed E-state index contributed by atoms with van der Waals surface area (Å²) >= 11 is 11.9. The van der Waals surface area contributed by atoms with Crippen LogP contribution in [0, 0.1) is 0 Å². The Bertz CT molecular complexity index is 713. The Kier molecular flexibility index (Phi) is 3.19. The van der Waals surface area contributed by atoms with Crippen molar-refractivity contribution in [1.82, 2.24) is 15.2 Å². The number of benzene rings is 1. The van der Waals surface area contributed by atoms with Gasteiger partial charge in [0.25, 0.3) is 5.89 Å². The molecular weight excluding hydrogens is 285 g/mol. The van der Waals surface area contributed by atoms with E-state index >= 15 is 0 Å². The first kappa shape index (κ1) is 12.1. The molecule has 0 N–H and O–H groups in total. The van der Waals surface area contributed by atoms with Crippen LogP contribution in [0.4, 0.5) is 0 Å². The SMILES string of the molecule is Clc1ccc(-c2nnc(-c3ccccn3)o2)c(Cl)c1. The normalized spacial score (nSPS) is 10.6. The third-order valence-corrected chi connectivity index (χ3v) is 3.02. The molecule has 0 bridgehead atoms. The van der Waals surface area contributed by atoms with Crippen LogP contribution in [0.3, 0.4) is 0 Å². The Balaban J connectivity index is 2.02. The van der Waals surface area contributed by atoms with Gasteiger partial charge in [-0.1, -0.05) is 29.3 Å². The van der Waals surface area contributed by atoms with Gasteiger partial charge in [-0.2, -0.15) is 0 Å². The zero-order valence-corrected chi connectivity index (χ0v) is 11.1. The fourth-order valence-corrected chi connectivity index (χ4v) is 2.08. The van der Waals surface area contributed by atoms with Crippen LogP contribution in [0.2, 0.25) is 10.0 Å². The third kappa shape index (κ3) is 2.45. The first-order valence-corrected chi connectivity index (χ1v) is 6.20. The van der Waals surface area contributed by atoms with Crippen molar-refractivity contribution in [3.05, 3.63) is 52.6 Å². The molecule has 94 valence electrons. The maximum atomic E-state index is 6.09. The molecule has 0 amide bonds. The number of halogens is 2. The molecule has 6 heteroatoms. The molecule has 0 saturated heterocycles. The Morgan fingerprint density at radius 3 is 2.53 bits per heavy atom. The molecule has 0 aliphatic carbocycles. The molecule has 3 rings (SSSR count). The zero-order chi connectivity index (χ0) is 13.2. The van der Waals surface area contributed by atoms with E-state index in [2.05, 4.69) is 15.2 Å². The minimum atomic E-state index is 0.335. The van der Waals surface area contributed by atoms with Crippen molar-refractivity contribution in [1.29, 1.82) is 0 Å². The van der Waals surface area contributed by atoms with Crippen LogP contribution in [0.25, 0.3) is 23.0 Å². The van der Waals surface area contributed by atoms with Crippen molar-refractivity contribution in [2.45, 2.75) is 0 Å². The van der Waals surface area contributed by atoms with Gasteiger partial charge in [0, 0.05) is 11.2 Å². The predicted octanol–water partition coefficient (Wildman–Crippen LogP) is 4.11. The molecule has 2 heterocycles. The van der Waals surface area contributed by atoms with Gasteiger partial charge in [0.2, 0.25) is 5.89 Å². The monoisotopic (exact) mass is 291 g/mol. The molecule has 3 aromatic rings. The quantitative estimate of drug-likeness (QED) is 0.713. The highest BCUT2D eigenvalue weighted by Crippen LogP contribution is 2.30. The van der Waals surface area contributed by atoms with Gasteiger partial charge in [-0.25, -0.2) is 0 Å². The van der Waals surface area contributed by atoms with Gasteiger partial charge in [-0.15, -0.1) is 10.2 Å². The van der Waals surface area contributed by atoms with Gasteiger partial charge < -0.3 is 4.42 Å². The fourth-order valence-electron chi connectivity index (χ4n) is 1.59. The van der Waals surface area contributed by atoms with E-state index in [9.17, 15) is 0 Å². The molecule has 0 saturated carbocycles. The number of pyridine rings is 1. The van der Waals surface area contributed by atoms with Crippen molar-refractivity contribution in [3.63, 3.8) is 0 Å². The summed E-state index contributed by atoms with van der Waals surface area (Å²) < 4.78 is 5.56. The summed E-state index contributed by atoms with van der Waals surface area (Å²) in [6.07, 6.45) is 1.66. The van der Waals surface area contributed by atoms with Crippen molar-refractivity contribution in [3.8, 4) is 23.0 Å². The largest absolute Gasteiger partial charge is 0.415 e. The Morgan fingerprint density at radius 1 is 0.947 bits per heavy atom. The first-order valence-electron chi connectivity index (χ1n) is 5.44. The minimum Gasteiger partial charge on any atom is -0.415 e. The van der Waals surface area contributed by atoms with Gasteiger partial charge in [0.1, 0.15) is 5.69 Å². The van der Waals surface area contributed by atoms with Gasteiger partial charge >= 0.3 is 0 Å². The van der Waals surface area contributed by atoms with Gasteiger partial charge in [0.15, 0.2) is 0 Å². The predicted molar refractivity (Wildman–Crippen MR) is 73.0 cm³/mol. The third-order valence-electron chi connectivity index (χ3n) is 2.47. The highest BCUT2D eigenvalue weighted by molar-refractivity contribution is 6.36. The standard InChI is InChI=1S/C13H7Cl2N3O/c14-8-4-5-9(10(15)7-8)12-17-18-13(19-12)11-3-1-2-6-16-11/h1-7H. The fraction of sp³-hybridized carbons (Fsp3) is 0. The minimum absolute atomic E-state index is 0.335. The van der Waals surface area contributed by atoms with Crippen molar-refractivity contribution in [2.24, 2.45) is 0 Å². The summed E-state index contributed by atoms with van der Waals surface area (Å²) in [4.78, 5) is 4.14. The first-order chi connectivity index (χ1) is 9.24. The lowest BCUT2D eigenvalue weighted by molar-refractivity contribution is 0.582. The van der Waals surface area contributed by atoms with E-state index in [1.807, 2.05) is 12.1 Å². The molecule has 0 spiro atoms.